The lowest BCUT2D eigenvalue weighted by molar-refractivity contribution is 0.120. The Kier molecular flexibility index (Phi) is 6.08. The molecule has 1 fully saturated rings. The number of aromatic nitrogens is 3. The number of hydrogen-bond donors (Lipinski definition) is 3. The highest BCUT2D eigenvalue weighted by Gasteiger charge is 2.25. The number of sulfonamides is 1. The first kappa shape index (κ1) is 23.5. The fraction of sp³-hybridized carbons (Fsp3) is 0.308. The predicted molar refractivity (Wildman–Crippen MR) is 136 cm³/mol. The van der Waals surface area contributed by atoms with Crippen molar-refractivity contribution in [3.63, 3.8) is 0 Å². The van der Waals surface area contributed by atoms with Crippen LogP contribution in [-0.4, -0.2) is 40.0 Å². The zero-order valence-electron chi connectivity index (χ0n) is 19.8. The first-order valence-electron chi connectivity index (χ1n) is 11.7. The second kappa shape index (κ2) is 9.07. The number of nitrogen functional groups attached to an aromatic ring is 1. The van der Waals surface area contributed by atoms with E-state index in [2.05, 4.69) is 14.7 Å². The number of hydrogen-bond acceptors (Lipinski definition) is 6. The minimum Gasteiger partial charge on any atom is -0.393 e. The zero-order chi connectivity index (χ0) is 24.7. The molecule has 4 aromatic rings. The van der Waals surface area contributed by atoms with Gasteiger partial charge in [0, 0.05) is 23.4 Å². The van der Waals surface area contributed by atoms with E-state index in [0.29, 0.717) is 37.1 Å². The highest BCUT2D eigenvalue weighted by Crippen LogP contribution is 2.31. The van der Waals surface area contributed by atoms with Gasteiger partial charge in [-0.15, -0.1) is 0 Å². The maximum Gasteiger partial charge on any atom is 0.240 e. The van der Waals surface area contributed by atoms with Gasteiger partial charge in [-0.05, 0) is 62.8 Å². The minimum atomic E-state index is -3.72. The molecule has 0 unspecified atom stereocenters. The lowest BCUT2D eigenvalue weighted by atomic mass is 9.94. The highest BCUT2D eigenvalue weighted by molar-refractivity contribution is 7.89. The molecule has 0 radical (unpaired) electrons. The van der Waals surface area contributed by atoms with Crippen molar-refractivity contribution in [2.45, 2.75) is 56.6 Å². The number of benzene rings is 2. The average Bonchev–Trinajstić information content (AvgIpc) is 3.25. The van der Waals surface area contributed by atoms with Crippen LogP contribution >= 0.6 is 0 Å². The Hall–Kier alpha value is -3.27. The number of nitrogens with zero attached hydrogens (tertiary/aromatic N) is 3. The number of fused-ring (bicyclic) bond motifs is 1. The summed E-state index contributed by atoms with van der Waals surface area (Å²) in [4.78, 5) is 9.23. The SMILES string of the molecule is Cc1ccccc1-c1cn2c(-c3cc(S(=O)(=O)N[C@H]4CC[C@H](O)CC4)ccc3C)cnc2c(N)n1. The van der Waals surface area contributed by atoms with Crippen LogP contribution in [0.1, 0.15) is 36.8 Å². The third-order valence-electron chi connectivity index (χ3n) is 6.75. The largest absolute Gasteiger partial charge is 0.393 e. The van der Waals surface area contributed by atoms with Gasteiger partial charge in [0.15, 0.2) is 11.5 Å². The summed E-state index contributed by atoms with van der Waals surface area (Å²) in [5.74, 6) is 0.305. The molecule has 1 aliphatic rings. The molecule has 1 aliphatic carbocycles. The molecular formula is C26H29N5O3S. The van der Waals surface area contributed by atoms with Gasteiger partial charge in [-0.25, -0.2) is 23.1 Å². The van der Waals surface area contributed by atoms with Gasteiger partial charge >= 0.3 is 0 Å². The number of anilines is 1. The summed E-state index contributed by atoms with van der Waals surface area (Å²) in [6.07, 6.45) is 5.70. The van der Waals surface area contributed by atoms with Gasteiger partial charge in [0.05, 0.1) is 28.6 Å². The summed E-state index contributed by atoms with van der Waals surface area (Å²) in [6, 6.07) is 12.9. The van der Waals surface area contributed by atoms with E-state index in [4.69, 9.17) is 5.73 Å². The maximum atomic E-state index is 13.2. The van der Waals surface area contributed by atoms with Crippen LogP contribution in [-0.2, 0) is 10.0 Å². The Morgan fingerprint density at radius 1 is 1.03 bits per heavy atom. The van der Waals surface area contributed by atoms with Crippen LogP contribution in [0.3, 0.4) is 0 Å². The molecule has 35 heavy (non-hydrogen) atoms. The topological polar surface area (TPSA) is 123 Å². The molecule has 1 saturated carbocycles. The van der Waals surface area contributed by atoms with Crippen molar-refractivity contribution in [2.75, 3.05) is 5.73 Å². The van der Waals surface area contributed by atoms with Gasteiger partial charge in [0.25, 0.3) is 0 Å². The van der Waals surface area contributed by atoms with Crippen LogP contribution < -0.4 is 10.5 Å². The quantitative estimate of drug-likeness (QED) is 0.390. The molecule has 8 nitrogen and oxygen atoms in total. The number of aliphatic hydroxyl groups is 1. The maximum absolute atomic E-state index is 13.2. The van der Waals surface area contributed by atoms with Crippen LogP contribution in [0, 0.1) is 13.8 Å². The summed E-state index contributed by atoms with van der Waals surface area (Å²) in [5.41, 5.74) is 11.9. The van der Waals surface area contributed by atoms with Crippen molar-refractivity contribution < 1.29 is 13.5 Å². The number of nitrogens with one attached hydrogen (secondary N) is 1. The second-order valence-corrected chi connectivity index (χ2v) is 11.0. The van der Waals surface area contributed by atoms with Crippen molar-refractivity contribution in [1.82, 2.24) is 19.1 Å². The highest BCUT2D eigenvalue weighted by atomic mass is 32.2. The lowest BCUT2D eigenvalue weighted by Crippen LogP contribution is -2.38. The summed E-state index contributed by atoms with van der Waals surface area (Å²) >= 11 is 0. The molecular weight excluding hydrogens is 462 g/mol. The summed E-state index contributed by atoms with van der Waals surface area (Å²) in [6.45, 7) is 3.96. The number of aliphatic hydroxyl groups excluding tert-OH is 1. The Balaban J connectivity index is 1.56. The van der Waals surface area contributed by atoms with Gasteiger partial charge in [0.2, 0.25) is 10.0 Å². The summed E-state index contributed by atoms with van der Waals surface area (Å²) < 4.78 is 31.1. The van der Waals surface area contributed by atoms with Gasteiger partial charge < -0.3 is 10.8 Å². The molecule has 0 spiro atoms. The van der Waals surface area contributed by atoms with Crippen molar-refractivity contribution in [2.24, 2.45) is 0 Å². The number of imidazole rings is 1. The van der Waals surface area contributed by atoms with Crippen LogP contribution in [0.2, 0.25) is 0 Å². The van der Waals surface area contributed by atoms with Crippen LogP contribution in [0.15, 0.2) is 59.8 Å². The van der Waals surface area contributed by atoms with Gasteiger partial charge in [-0.3, -0.25) is 4.40 Å². The molecule has 9 heteroatoms. The Morgan fingerprint density at radius 2 is 1.74 bits per heavy atom. The third-order valence-corrected chi connectivity index (χ3v) is 8.27. The fourth-order valence-electron chi connectivity index (χ4n) is 4.73. The first-order chi connectivity index (χ1) is 16.7. The number of nitrogens with two attached hydrogens (primary N) is 1. The normalized spacial score (nSPS) is 18.7. The average molecular weight is 492 g/mol. The molecule has 0 aliphatic heterocycles. The molecule has 0 amide bonds. The second-order valence-electron chi connectivity index (χ2n) is 9.27. The van der Waals surface area contributed by atoms with Gasteiger partial charge in [-0.1, -0.05) is 30.3 Å². The van der Waals surface area contributed by atoms with E-state index in [1.54, 1.807) is 24.4 Å². The van der Waals surface area contributed by atoms with E-state index in [-0.39, 0.29) is 17.0 Å². The summed E-state index contributed by atoms with van der Waals surface area (Å²) in [5, 5.41) is 9.73. The molecule has 2 heterocycles. The fourth-order valence-corrected chi connectivity index (χ4v) is 6.06. The third kappa shape index (κ3) is 4.54. The smallest absolute Gasteiger partial charge is 0.240 e. The molecule has 5 rings (SSSR count). The number of rotatable bonds is 5. The van der Waals surface area contributed by atoms with Gasteiger partial charge in [0.1, 0.15) is 0 Å². The van der Waals surface area contributed by atoms with E-state index in [1.807, 2.05) is 48.7 Å². The molecule has 4 N–H and O–H groups in total. The molecule has 182 valence electrons. The Labute approximate surface area is 204 Å². The predicted octanol–water partition coefficient (Wildman–Crippen LogP) is 3.84. The van der Waals surface area contributed by atoms with Crippen LogP contribution in [0.5, 0.6) is 0 Å². The van der Waals surface area contributed by atoms with E-state index in [0.717, 1.165) is 33.6 Å². The molecule has 2 aromatic heterocycles. The zero-order valence-corrected chi connectivity index (χ0v) is 20.6. The van der Waals surface area contributed by atoms with E-state index in [1.165, 1.54) is 0 Å². The van der Waals surface area contributed by atoms with Crippen molar-refractivity contribution in [3.8, 4) is 22.5 Å². The number of aryl methyl sites for hydroxylation is 2. The standard InChI is InChI=1S/C26H29N5O3S/c1-16-5-3-4-6-21(16)23-15-31-24(14-28-26(31)25(27)29-23)22-13-20(12-7-17(22)2)35(33,34)30-18-8-10-19(32)11-9-18/h3-7,12-15,18-19,30,32H,8-11H2,1-2H3,(H2,27,29)/t18-,19-. The Morgan fingerprint density at radius 3 is 2.49 bits per heavy atom. The van der Waals surface area contributed by atoms with Crippen LogP contribution in [0.25, 0.3) is 28.2 Å². The monoisotopic (exact) mass is 491 g/mol. The molecule has 2 aromatic carbocycles. The van der Waals surface area contributed by atoms with Gasteiger partial charge in [-0.2, -0.15) is 0 Å². The minimum absolute atomic E-state index is 0.175. The van der Waals surface area contributed by atoms with Crippen molar-refractivity contribution in [1.29, 1.82) is 0 Å². The van der Waals surface area contributed by atoms with E-state index >= 15 is 0 Å². The van der Waals surface area contributed by atoms with Crippen molar-refractivity contribution >= 4 is 21.5 Å². The van der Waals surface area contributed by atoms with E-state index < -0.39 is 10.0 Å². The summed E-state index contributed by atoms with van der Waals surface area (Å²) in [7, 11) is -3.72. The molecule has 0 atom stereocenters. The molecule has 0 saturated heterocycles. The molecule has 0 bridgehead atoms. The Bertz CT molecular complexity index is 1500. The van der Waals surface area contributed by atoms with Crippen molar-refractivity contribution in [3.05, 3.63) is 66.0 Å². The first-order valence-corrected chi connectivity index (χ1v) is 13.2. The van der Waals surface area contributed by atoms with E-state index in [9.17, 15) is 13.5 Å². The van der Waals surface area contributed by atoms with Crippen LogP contribution in [0.4, 0.5) is 5.82 Å². The lowest BCUT2D eigenvalue weighted by Gasteiger charge is -2.26.